The summed E-state index contributed by atoms with van der Waals surface area (Å²) in [5.74, 6) is -4.25. The van der Waals surface area contributed by atoms with Crippen molar-refractivity contribution in [3.05, 3.63) is 76.4 Å². The summed E-state index contributed by atoms with van der Waals surface area (Å²) in [7, 11) is 0. The third-order valence-electron chi connectivity index (χ3n) is 6.27. The van der Waals surface area contributed by atoms with Crippen molar-refractivity contribution < 1.29 is 18.3 Å². The number of carbonyl (C=O) groups is 1. The fourth-order valence-corrected chi connectivity index (χ4v) is 5.46. The van der Waals surface area contributed by atoms with Gasteiger partial charge < -0.3 is 20.7 Å². The lowest BCUT2D eigenvalue weighted by molar-refractivity contribution is -0.117. The molecule has 9 nitrogen and oxygen atoms in total. The van der Waals surface area contributed by atoms with E-state index >= 15 is 0 Å². The van der Waals surface area contributed by atoms with Gasteiger partial charge in [-0.15, -0.1) is 0 Å². The highest BCUT2D eigenvalue weighted by Gasteiger charge is 2.34. The van der Waals surface area contributed by atoms with Crippen molar-refractivity contribution in [1.29, 1.82) is 5.41 Å². The maximum absolute atomic E-state index is 14.1. The second-order valence-corrected chi connectivity index (χ2v) is 10.2. The predicted molar refractivity (Wildman–Crippen MR) is 148 cm³/mol. The first kappa shape index (κ1) is 26.4. The number of aliphatic imine (C=N–C) groups is 2. The van der Waals surface area contributed by atoms with Gasteiger partial charge in [0.2, 0.25) is 12.1 Å². The highest BCUT2D eigenvalue weighted by molar-refractivity contribution is 7.16. The summed E-state index contributed by atoms with van der Waals surface area (Å²) >= 11 is 0.835. The molecule has 1 atom stereocenters. The van der Waals surface area contributed by atoms with Crippen LogP contribution in [0.5, 0.6) is 0 Å². The van der Waals surface area contributed by atoms with Gasteiger partial charge in [0.1, 0.15) is 5.00 Å². The van der Waals surface area contributed by atoms with E-state index < -0.39 is 34.9 Å². The van der Waals surface area contributed by atoms with Crippen LogP contribution in [0.3, 0.4) is 0 Å². The smallest absolute Gasteiger partial charge is 0.296 e. The zero-order chi connectivity index (χ0) is 27.6. The second kappa shape index (κ2) is 10.9. The van der Waals surface area contributed by atoms with Gasteiger partial charge in [0.15, 0.2) is 10.7 Å². The number of amides is 1. The number of thiazole rings is 1. The zero-order valence-corrected chi connectivity index (χ0v) is 22.0. The van der Waals surface area contributed by atoms with Gasteiger partial charge in [0, 0.05) is 31.1 Å². The lowest BCUT2D eigenvalue weighted by Crippen LogP contribution is -2.31. The first-order valence-electron chi connectivity index (χ1n) is 12.5. The summed E-state index contributed by atoms with van der Waals surface area (Å²) in [5.41, 5.74) is 8.56. The van der Waals surface area contributed by atoms with Gasteiger partial charge in [-0.2, -0.15) is 13.8 Å². The van der Waals surface area contributed by atoms with Crippen LogP contribution in [-0.4, -0.2) is 47.8 Å². The molecule has 0 spiro atoms. The number of hydrogen-bond acceptors (Lipinski definition) is 8. The van der Waals surface area contributed by atoms with Crippen molar-refractivity contribution in [1.82, 2.24) is 4.98 Å². The van der Waals surface area contributed by atoms with E-state index in [1.54, 1.807) is 12.1 Å². The third-order valence-corrected chi connectivity index (χ3v) is 7.56. The monoisotopic (exact) mass is 551 g/mol. The molecule has 3 aromatic rings. The maximum atomic E-state index is 14.1. The Morgan fingerprint density at radius 1 is 1.15 bits per heavy atom. The summed E-state index contributed by atoms with van der Waals surface area (Å²) in [4.78, 5) is 27.7. The highest BCUT2D eigenvalue weighted by Crippen LogP contribution is 2.38. The predicted octanol–water partition coefficient (Wildman–Crippen LogP) is 4.72. The molecule has 1 unspecified atom stereocenters. The molecule has 0 saturated carbocycles. The van der Waals surface area contributed by atoms with E-state index in [0.29, 0.717) is 35.1 Å². The number of rotatable bonds is 5. The minimum atomic E-state index is -3.18. The molecule has 202 valence electrons. The third kappa shape index (κ3) is 5.80. The van der Waals surface area contributed by atoms with Crippen LogP contribution >= 0.6 is 11.3 Å². The molecule has 4 N–H and O–H groups in total. The molecule has 39 heavy (non-hydrogen) atoms. The van der Waals surface area contributed by atoms with Crippen LogP contribution in [0.15, 0.2) is 64.6 Å². The van der Waals surface area contributed by atoms with Gasteiger partial charge in [0.05, 0.1) is 11.4 Å². The molecule has 5 rings (SSSR count). The number of anilines is 2. The van der Waals surface area contributed by atoms with Crippen molar-refractivity contribution in [2.24, 2.45) is 15.7 Å². The van der Waals surface area contributed by atoms with Crippen LogP contribution in [0, 0.1) is 5.41 Å². The number of amidine groups is 1. The molecule has 2 aliphatic heterocycles. The lowest BCUT2D eigenvalue weighted by atomic mass is 10.0. The SMILES string of the molecule is CC(F)(F)c1nc(C(=N)OC(N)=NC2N=C(c3ccccc3)c3ccccc3NC2=O)c(N2CCCCC2)s1. The summed E-state index contributed by atoms with van der Waals surface area (Å²) in [6.07, 6.45) is 1.56. The van der Waals surface area contributed by atoms with Crippen molar-refractivity contribution in [2.45, 2.75) is 38.3 Å². The average molecular weight is 552 g/mol. The number of carbonyl (C=O) groups excluding carboxylic acids is 1. The number of halogens is 2. The van der Waals surface area contributed by atoms with E-state index in [1.807, 2.05) is 47.4 Å². The number of alkyl halides is 2. The number of ether oxygens (including phenoxy) is 1. The Kier molecular flexibility index (Phi) is 7.38. The van der Waals surface area contributed by atoms with E-state index in [2.05, 4.69) is 20.3 Å². The average Bonchev–Trinajstić information content (AvgIpc) is 3.34. The van der Waals surface area contributed by atoms with Crippen LogP contribution in [0.2, 0.25) is 0 Å². The molecule has 0 bridgehead atoms. The van der Waals surface area contributed by atoms with Crippen LogP contribution in [0.25, 0.3) is 0 Å². The maximum Gasteiger partial charge on any atom is 0.296 e. The first-order chi connectivity index (χ1) is 18.7. The minimum absolute atomic E-state index is 0.0391. The van der Waals surface area contributed by atoms with E-state index in [1.165, 1.54) is 0 Å². The number of para-hydroxylation sites is 1. The number of benzodiazepines with no additional fused rings is 1. The fourth-order valence-electron chi connectivity index (χ4n) is 4.42. The van der Waals surface area contributed by atoms with Crippen LogP contribution in [0.4, 0.5) is 19.5 Å². The summed E-state index contributed by atoms with van der Waals surface area (Å²) in [6, 6.07) is 16.1. The molecule has 1 saturated heterocycles. The van der Waals surface area contributed by atoms with E-state index in [0.717, 1.165) is 43.1 Å². The Morgan fingerprint density at radius 3 is 2.56 bits per heavy atom. The normalized spacial score (nSPS) is 18.1. The van der Waals surface area contributed by atoms with Crippen LogP contribution < -0.4 is 16.0 Å². The van der Waals surface area contributed by atoms with Crippen molar-refractivity contribution >= 4 is 45.6 Å². The van der Waals surface area contributed by atoms with Crippen LogP contribution in [0.1, 0.15) is 48.0 Å². The summed E-state index contributed by atoms with van der Waals surface area (Å²) in [6.45, 7) is 2.10. The summed E-state index contributed by atoms with van der Waals surface area (Å²) in [5, 5.41) is 11.3. The minimum Gasteiger partial charge on any atom is -0.405 e. The van der Waals surface area contributed by atoms with Gasteiger partial charge >= 0.3 is 0 Å². The number of aromatic nitrogens is 1. The molecular weight excluding hydrogens is 524 g/mol. The lowest BCUT2D eigenvalue weighted by Gasteiger charge is -2.27. The molecule has 12 heteroatoms. The van der Waals surface area contributed by atoms with Crippen LogP contribution in [-0.2, 0) is 15.5 Å². The Labute approximate surface area is 228 Å². The van der Waals surface area contributed by atoms with Gasteiger partial charge in [-0.05, 0) is 25.3 Å². The zero-order valence-electron chi connectivity index (χ0n) is 21.2. The Morgan fingerprint density at radius 2 is 1.85 bits per heavy atom. The molecular formula is C27H27F2N7O2S. The molecule has 2 aliphatic rings. The molecule has 3 heterocycles. The van der Waals surface area contributed by atoms with Gasteiger partial charge in [-0.1, -0.05) is 59.9 Å². The van der Waals surface area contributed by atoms with Gasteiger partial charge in [-0.3, -0.25) is 10.2 Å². The quantitative estimate of drug-likeness (QED) is 0.312. The number of fused-ring (bicyclic) bond motifs is 1. The number of nitrogens with one attached hydrogen (secondary N) is 2. The Balaban J connectivity index is 1.45. The van der Waals surface area contributed by atoms with Crippen molar-refractivity contribution in [3.8, 4) is 0 Å². The number of nitrogens with two attached hydrogens (primary N) is 1. The van der Waals surface area contributed by atoms with Gasteiger partial charge in [0.25, 0.3) is 17.9 Å². The Hall–Kier alpha value is -4.19. The second-order valence-electron chi connectivity index (χ2n) is 9.26. The van der Waals surface area contributed by atoms with Crippen molar-refractivity contribution in [3.63, 3.8) is 0 Å². The molecule has 1 aromatic heterocycles. The first-order valence-corrected chi connectivity index (χ1v) is 13.3. The van der Waals surface area contributed by atoms with Gasteiger partial charge in [-0.25, -0.2) is 9.98 Å². The highest BCUT2D eigenvalue weighted by atomic mass is 32.1. The molecule has 1 fully saturated rings. The number of benzene rings is 2. The Bertz CT molecular complexity index is 1440. The number of nitrogens with zero attached hydrogens (tertiary/aromatic N) is 4. The molecule has 0 radical (unpaired) electrons. The number of piperidine rings is 1. The number of hydrogen-bond donors (Lipinski definition) is 3. The van der Waals surface area contributed by atoms with E-state index in [9.17, 15) is 13.6 Å². The standard InChI is InChI=1S/C27H27F2N7O2S/c1-27(28,29)25-34-20(24(39-25)36-14-8-3-9-15-36)21(30)38-26(31)35-22-23(37)32-18-13-7-6-12-17(18)19(33-22)16-10-4-2-5-11-16/h2,4-7,10-13,22,30H,3,8-9,14-15H2,1H3,(H2,31,35)(H,32,37). The van der Waals surface area contributed by atoms with Crippen molar-refractivity contribution in [2.75, 3.05) is 23.3 Å². The molecule has 2 aromatic carbocycles. The van der Waals surface area contributed by atoms with E-state index in [4.69, 9.17) is 15.9 Å². The molecule has 1 amide bonds. The molecule has 0 aliphatic carbocycles. The van der Waals surface area contributed by atoms with E-state index in [-0.39, 0.29) is 5.69 Å². The summed E-state index contributed by atoms with van der Waals surface area (Å²) < 4.78 is 33.7. The largest absolute Gasteiger partial charge is 0.405 e. The topological polar surface area (TPSA) is 129 Å². The fraction of sp³-hybridized carbons (Fsp3) is 0.296.